The Balaban J connectivity index is 1.41. The van der Waals surface area contributed by atoms with Crippen LogP contribution < -0.4 is 14.8 Å². The zero-order valence-corrected chi connectivity index (χ0v) is 11.3. The van der Waals surface area contributed by atoms with Crippen molar-refractivity contribution in [2.45, 2.75) is 25.3 Å². The average Bonchev–Trinajstić information content (AvgIpc) is 3.23. The van der Waals surface area contributed by atoms with Crippen LogP contribution in [0.4, 0.5) is 5.69 Å². The summed E-state index contributed by atoms with van der Waals surface area (Å²) in [5, 5.41) is 3.42. The van der Waals surface area contributed by atoms with Gasteiger partial charge in [0.1, 0.15) is 0 Å². The Labute approximate surface area is 118 Å². The monoisotopic (exact) mass is 267 g/mol. The predicted molar refractivity (Wildman–Crippen MR) is 78.3 cm³/mol. The van der Waals surface area contributed by atoms with E-state index < -0.39 is 0 Å². The zero-order valence-electron chi connectivity index (χ0n) is 11.3. The highest BCUT2D eigenvalue weighted by Crippen LogP contribution is 2.40. The molecule has 0 atom stereocenters. The maximum Gasteiger partial charge on any atom is 0.231 e. The molecule has 0 spiro atoms. The summed E-state index contributed by atoms with van der Waals surface area (Å²) in [6.45, 7) is 1.14. The first-order valence-electron chi connectivity index (χ1n) is 7.11. The lowest BCUT2D eigenvalue weighted by Crippen LogP contribution is -1.99. The second-order valence-electron chi connectivity index (χ2n) is 5.44. The number of hydrogen-bond acceptors (Lipinski definition) is 3. The molecule has 1 saturated carbocycles. The number of fused-ring (bicyclic) bond motifs is 1. The van der Waals surface area contributed by atoms with E-state index in [1.54, 1.807) is 0 Å². The molecule has 0 aromatic heterocycles. The molecule has 0 amide bonds. The Morgan fingerprint density at radius 3 is 2.55 bits per heavy atom. The third-order valence-corrected chi connectivity index (χ3v) is 3.90. The molecule has 1 fully saturated rings. The van der Waals surface area contributed by atoms with Crippen LogP contribution in [0, 0.1) is 0 Å². The molecule has 3 nitrogen and oxygen atoms in total. The van der Waals surface area contributed by atoms with Gasteiger partial charge in [0.2, 0.25) is 6.79 Å². The minimum Gasteiger partial charge on any atom is -0.454 e. The molecule has 20 heavy (non-hydrogen) atoms. The summed E-state index contributed by atoms with van der Waals surface area (Å²) >= 11 is 0. The molecule has 2 aromatic carbocycles. The van der Waals surface area contributed by atoms with Crippen LogP contribution in [0.25, 0.3) is 0 Å². The first-order chi connectivity index (χ1) is 9.88. The van der Waals surface area contributed by atoms with Crippen LogP contribution >= 0.6 is 0 Å². The Kier molecular flexibility index (Phi) is 2.76. The van der Waals surface area contributed by atoms with Gasteiger partial charge in [-0.25, -0.2) is 0 Å². The fraction of sp³-hybridized carbons (Fsp3) is 0.294. The molecule has 1 aliphatic heterocycles. The Morgan fingerprint density at radius 1 is 0.950 bits per heavy atom. The summed E-state index contributed by atoms with van der Waals surface area (Å²) in [6.07, 6.45) is 2.71. The maximum absolute atomic E-state index is 5.38. The van der Waals surface area contributed by atoms with Gasteiger partial charge in [0, 0.05) is 18.3 Å². The van der Waals surface area contributed by atoms with E-state index in [4.69, 9.17) is 9.47 Å². The van der Waals surface area contributed by atoms with E-state index in [1.807, 2.05) is 18.2 Å². The maximum atomic E-state index is 5.38. The van der Waals surface area contributed by atoms with Crippen LogP contribution in [-0.4, -0.2) is 6.79 Å². The molecule has 1 aliphatic carbocycles. The highest BCUT2D eigenvalue weighted by molar-refractivity contribution is 5.55. The molecule has 2 aliphatic rings. The highest BCUT2D eigenvalue weighted by atomic mass is 16.7. The lowest BCUT2D eigenvalue weighted by molar-refractivity contribution is 0.174. The van der Waals surface area contributed by atoms with Gasteiger partial charge in [0.25, 0.3) is 0 Å². The van der Waals surface area contributed by atoms with Gasteiger partial charge in [-0.15, -0.1) is 0 Å². The van der Waals surface area contributed by atoms with Crippen molar-refractivity contribution in [3.8, 4) is 11.5 Å². The molecular weight excluding hydrogens is 250 g/mol. The number of anilines is 1. The fourth-order valence-corrected chi connectivity index (χ4v) is 2.53. The minimum atomic E-state index is 0.321. The molecule has 2 aromatic rings. The predicted octanol–water partition coefficient (Wildman–Crippen LogP) is 3.90. The minimum absolute atomic E-state index is 0.321. The molecule has 0 saturated heterocycles. The van der Waals surface area contributed by atoms with E-state index in [2.05, 4.69) is 29.6 Å². The first kappa shape index (κ1) is 11.6. The van der Waals surface area contributed by atoms with Crippen molar-refractivity contribution in [3.05, 3.63) is 53.6 Å². The van der Waals surface area contributed by atoms with Crippen LogP contribution in [0.1, 0.15) is 29.9 Å². The first-order valence-corrected chi connectivity index (χ1v) is 7.11. The van der Waals surface area contributed by atoms with Crippen molar-refractivity contribution in [2.75, 3.05) is 12.1 Å². The molecule has 3 heteroatoms. The Bertz CT molecular complexity index is 617. The van der Waals surface area contributed by atoms with Crippen molar-refractivity contribution in [1.82, 2.24) is 0 Å². The van der Waals surface area contributed by atoms with Gasteiger partial charge in [-0.2, -0.15) is 0 Å². The van der Waals surface area contributed by atoms with Gasteiger partial charge < -0.3 is 14.8 Å². The van der Waals surface area contributed by atoms with Crippen LogP contribution in [0.15, 0.2) is 42.5 Å². The van der Waals surface area contributed by atoms with Gasteiger partial charge in [-0.05, 0) is 42.0 Å². The van der Waals surface area contributed by atoms with E-state index >= 15 is 0 Å². The fourth-order valence-electron chi connectivity index (χ4n) is 2.53. The summed E-state index contributed by atoms with van der Waals surface area (Å²) < 4.78 is 10.7. The van der Waals surface area contributed by atoms with Crippen LogP contribution in [0.3, 0.4) is 0 Å². The van der Waals surface area contributed by atoms with E-state index in [0.29, 0.717) is 6.79 Å². The number of rotatable bonds is 4. The summed E-state index contributed by atoms with van der Waals surface area (Å²) in [6, 6.07) is 14.9. The third-order valence-electron chi connectivity index (χ3n) is 3.90. The van der Waals surface area contributed by atoms with Crippen LogP contribution in [0.2, 0.25) is 0 Å². The van der Waals surface area contributed by atoms with E-state index in [1.165, 1.54) is 24.0 Å². The molecular formula is C17H17NO2. The average molecular weight is 267 g/mol. The molecule has 0 unspecified atom stereocenters. The molecule has 0 radical (unpaired) electrons. The lowest BCUT2D eigenvalue weighted by atomic mass is 10.1. The smallest absolute Gasteiger partial charge is 0.231 e. The van der Waals surface area contributed by atoms with E-state index in [9.17, 15) is 0 Å². The second kappa shape index (κ2) is 4.75. The summed E-state index contributed by atoms with van der Waals surface area (Å²) in [7, 11) is 0. The summed E-state index contributed by atoms with van der Waals surface area (Å²) in [4.78, 5) is 0. The Morgan fingerprint density at radius 2 is 1.75 bits per heavy atom. The van der Waals surface area contributed by atoms with Crippen molar-refractivity contribution >= 4 is 5.69 Å². The van der Waals surface area contributed by atoms with Gasteiger partial charge >= 0.3 is 0 Å². The highest BCUT2D eigenvalue weighted by Gasteiger charge is 2.22. The largest absolute Gasteiger partial charge is 0.454 e. The molecule has 0 bridgehead atoms. The SMILES string of the molecule is c1cc(C2CC2)ccc1CNc1ccc2c(c1)OCO2. The molecule has 4 rings (SSSR count). The van der Waals surface area contributed by atoms with Gasteiger partial charge in [-0.1, -0.05) is 24.3 Å². The number of ether oxygens (including phenoxy) is 2. The van der Waals surface area contributed by atoms with Gasteiger partial charge in [0.15, 0.2) is 11.5 Å². The lowest BCUT2D eigenvalue weighted by Gasteiger charge is -2.08. The second-order valence-corrected chi connectivity index (χ2v) is 5.44. The topological polar surface area (TPSA) is 30.5 Å². The van der Waals surface area contributed by atoms with Gasteiger partial charge in [-0.3, -0.25) is 0 Å². The molecule has 1 heterocycles. The van der Waals surface area contributed by atoms with Crippen LogP contribution in [0.5, 0.6) is 11.5 Å². The molecule has 102 valence electrons. The third kappa shape index (κ3) is 2.31. The van der Waals surface area contributed by atoms with Crippen LogP contribution in [-0.2, 0) is 6.54 Å². The normalized spacial score (nSPS) is 16.2. The summed E-state index contributed by atoms with van der Waals surface area (Å²) in [5.74, 6) is 2.47. The zero-order chi connectivity index (χ0) is 13.4. The van der Waals surface area contributed by atoms with E-state index in [0.717, 1.165) is 29.6 Å². The van der Waals surface area contributed by atoms with Crippen molar-refractivity contribution < 1.29 is 9.47 Å². The van der Waals surface area contributed by atoms with Crippen molar-refractivity contribution in [3.63, 3.8) is 0 Å². The standard InChI is InChI=1S/C17H17NO2/c1-3-13(14-5-6-14)4-2-12(1)10-18-15-7-8-16-17(9-15)20-11-19-16/h1-4,7-9,14,18H,5-6,10-11H2. The Hall–Kier alpha value is -2.16. The number of nitrogens with one attached hydrogen (secondary N) is 1. The van der Waals surface area contributed by atoms with Gasteiger partial charge in [0.05, 0.1) is 0 Å². The summed E-state index contributed by atoms with van der Waals surface area (Å²) in [5.41, 5.74) is 3.84. The number of benzene rings is 2. The molecule has 1 N–H and O–H groups in total. The quantitative estimate of drug-likeness (QED) is 0.911. The van der Waals surface area contributed by atoms with Crippen molar-refractivity contribution in [2.24, 2.45) is 0 Å². The van der Waals surface area contributed by atoms with Crippen molar-refractivity contribution in [1.29, 1.82) is 0 Å². The van der Waals surface area contributed by atoms with E-state index in [-0.39, 0.29) is 0 Å². The number of hydrogen-bond donors (Lipinski definition) is 1.